The first-order valence-electron chi connectivity index (χ1n) is 5.74. The highest BCUT2D eigenvalue weighted by atomic mass is 35.5. The lowest BCUT2D eigenvalue weighted by atomic mass is 10.2. The molecule has 1 heterocycles. The van der Waals surface area contributed by atoms with Gasteiger partial charge in [0, 0.05) is 5.56 Å². The van der Waals surface area contributed by atoms with Gasteiger partial charge in [0.15, 0.2) is 0 Å². The number of nitrogens with zero attached hydrogens (tertiary/aromatic N) is 1. The summed E-state index contributed by atoms with van der Waals surface area (Å²) in [4.78, 5) is 4.03. The number of hydrogen-bond donors (Lipinski definition) is 1. The third-order valence-corrected chi connectivity index (χ3v) is 2.97. The van der Waals surface area contributed by atoms with E-state index in [9.17, 15) is 0 Å². The topological polar surface area (TPSA) is 51.6 Å². The molecule has 0 saturated carbocycles. The van der Waals surface area contributed by atoms with Gasteiger partial charge in [0.1, 0.15) is 18.1 Å². The van der Waals surface area contributed by atoms with Crippen LogP contribution in [0.3, 0.4) is 0 Å². The van der Waals surface area contributed by atoms with Crippen LogP contribution in [0.5, 0.6) is 11.5 Å². The molecular weight excluding hydrogens is 266 g/mol. The maximum Gasteiger partial charge on any atom is 0.138 e. The van der Waals surface area contributed by atoms with Gasteiger partial charge in [0.2, 0.25) is 0 Å². The summed E-state index contributed by atoms with van der Waals surface area (Å²) in [5.41, 5.74) is 1.48. The van der Waals surface area contributed by atoms with Crippen LogP contribution in [-0.2, 0) is 13.2 Å². The normalized spacial score (nSPS) is 10.3. The molecule has 2 aromatic rings. The summed E-state index contributed by atoms with van der Waals surface area (Å²) in [5.74, 6) is 1.34. The third-order valence-electron chi connectivity index (χ3n) is 2.61. The van der Waals surface area contributed by atoms with Crippen LogP contribution >= 0.6 is 11.6 Å². The molecule has 0 aliphatic carbocycles. The quantitative estimate of drug-likeness (QED) is 0.914. The molecule has 4 nitrogen and oxygen atoms in total. The van der Waals surface area contributed by atoms with Crippen LogP contribution in [0.2, 0.25) is 5.02 Å². The van der Waals surface area contributed by atoms with Crippen LogP contribution in [0.15, 0.2) is 36.5 Å². The van der Waals surface area contributed by atoms with Crippen molar-refractivity contribution in [2.45, 2.75) is 13.2 Å². The van der Waals surface area contributed by atoms with Gasteiger partial charge in [-0.3, -0.25) is 4.98 Å². The highest BCUT2D eigenvalue weighted by Crippen LogP contribution is 2.23. The average Bonchev–Trinajstić information content (AvgIpc) is 2.46. The lowest BCUT2D eigenvalue weighted by molar-refractivity contribution is 0.275. The smallest absolute Gasteiger partial charge is 0.138 e. The fourth-order valence-electron chi connectivity index (χ4n) is 1.52. The number of aliphatic hydroxyl groups is 1. The highest BCUT2D eigenvalue weighted by Gasteiger charge is 2.04. The minimum atomic E-state index is -0.0788. The Kier molecular flexibility index (Phi) is 4.60. The number of halogens is 1. The molecule has 1 aromatic heterocycles. The molecule has 0 atom stereocenters. The number of ether oxygens (including phenoxy) is 2. The third kappa shape index (κ3) is 3.59. The molecule has 0 spiro atoms. The summed E-state index contributed by atoms with van der Waals surface area (Å²) < 4.78 is 10.7. The zero-order valence-electron chi connectivity index (χ0n) is 10.5. The van der Waals surface area contributed by atoms with Gasteiger partial charge >= 0.3 is 0 Å². The number of rotatable bonds is 5. The van der Waals surface area contributed by atoms with Gasteiger partial charge in [-0.05, 0) is 24.3 Å². The Balaban J connectivity index is 2.01. The Hall–Kier alpha value is -1.78. The van der Waals surface area contributed by atoms with E-state index in [2.05, 4.69) is 4.98 Å². The summed E-state index contributed by atoms with van der Waals surface area (Å²) in [7, 11) is 1.59. The minimum absolute atomic E-state index is 0.0788. The fraction of sp³-hybridized carbons (Fsp3) is 0.214. The summed E-state index contributed by atoms with van der Waals surface area (Å²) >= 11 is 6.11. The minimum Gasteiger partial charge on any atom is -0.497 e. The van der Waals surface area contributed by atoms with Crippen molar-refractivity contribution in [3.05, 3.63) is 52.8 Å². The number of pyridine rings is 1. The van der Waals surface area contributed by atoms with Gasteiger partial charge in [0.25, 0.3) is 0 Å². The van der Waals surface area contributed by atoms with Crippen LogP contribution in [0, 0.1) is 0 Å². The van der Waals surface area contributed by atoms with E-state index in [1.807, 2.05) is 12.1 Å². The van der Waals surface area contributed by atoms with Gasteiger partial charge in [0.05, 0.1) is 30.6 Å². The van der Waals surface area contributed by atoms with E-state index in [0.717, 1.165) is 5.56 Å². The molecule has 100 valence electrons. The molecule has 0 bridgehead atoms. The number of methoxy groups -OCH3 is 1. The van der Waals surface area contributed by atoms with E-state index in [-0.39, 0.29) is 6.61 Å². The van der Waals surface area contributed by atoms with Crippen LogP contribution in [0.25, 0.3) is 0 Å². The van der Waals surface area contributed by atoms with Crippen molar-refractivity contribution in [3.63, 3.8) is 0 Å². The van der Waals surface area contributed by atoms with Crippen LogP contribution < -0.4 is 9.47 Å². The Morgan fingerprint density at radius 3 is 2.58 bits per heavy atom. The maximum atomic E-state index is 8.89. The van der Waals surface area contributed by atoms with Gasteiger partial charge in [-0.25, -0.2) is 0 Å². The second kappa shape index (κ2) is 6.41. The fourth-order valence-corrected chi connectivity index (χ4v) is 1.75. The van der Waals surface area contributed by atoms with Crippen molar-refractivity contribution in [3.8, 4) is 11.5 Å². The van der Waals surface area contributed by atoms with E-state index in [4.69, 9.17) is 26.2 Å². The first-order valence-corrected chi connectivity index (χ1v) is 6.11. The molecule has 1 aromatic carbocycles. The Bertz CT molecular complexity index is 543. The second-order valence-corrected chi connectivity index (χ2v) is 4.30. The van der Waals surface area contributed by atoms with E-state index in [1.54, 1.807) is 31.5 Å². The summed E-state index contributed by atoms with van der Waals surface area (Å²) in [5, 5.41) is 9.49. The molecule has 5 heteroatoms. The Morgan fingerprint density at radius 1 is 1.21 bits per heavy atom. The van der Waals surface area contributed by atoms with Crippen molar-refractivity contribution in [1.82, 2.24) is 4.98 Å². The average molecular weight is 280 g/mol. The highest BCUT2D eigenvalue weighted by molar-refractivity contribution is 6.31. The maximum absolute atomic E-state index is 8.89. The van der Waals surface area contributed by atoms with Crippen molar-refractivity contribution >= 4 is 11.6 Å². The van der Waals surface area contributed by atoms with Crippen molar-refractivity contribution in [2.75, 3.05) is 7.11 Å². The van der Waals surface area contributed by atoms with Crippen LogP contribution in [-0.4, -0.2) is 17.2 Å². The van der Waals surface area contributed by atoms with E-state index >= 15 is 0 Å². The second-order valence-electron chi connectivity index (χ2n) is 3.89. The molecule has 1 N–H and O–H groups in total. The SMILES string of the molecule is COc1ccc(COc2ccc(CO)nc2)c(Cl)c1. The van der Waals surface area contributed by atoms with Crippen molar-refractivity contribution in [1.29, 1.82) is 0 Å². The summed E-state index contributed by atoms with van der Waals surface area (Å²) in [6.07, 6.45) is 1.57. The molecule has 0 radical (unpaired) electrons. The Labute approximate surface area is 116 Å². The van der Waals surface area contributed by atoms with Crippen molar-refractivity contribution < 1.29 is 14.6 Å². The molecule has 0 aliphatic rings. The molecule has 0 unspecified atom stereocenters. The number of aliphatic hydroxyl groups excluding tert-OH is 1. The van der Waals surface area contributed by atoms with E-state index < -0.39 is 0 Å². The lowest BCUT2D eigenvalue weighted by Gasteiger charge is -2.09. The Morgan fingerprint density at radius 2 is 2.00 bits per heavy atom. The first kappa shape index (κ1) is 13.6. The van der Waals surface area contributed by atoms with Gasteiger partial charge in [-0.1, -0.05) is 17.7 Å². The molecular formula is C14H14ClNO3. The van der Waals surface area contributed by atoms with Gasteiger partial charge in [-0.15, -0.1) is 0 Å². The summed E-state index contributed by atoms with van der Waals surface area (Å²) in [6, 6.07) is 8.91. The predicted molar refractivity (Wildman–Crippen MR) is 72.5 cm³/mol. The van der Waals surface area contributed by atoms with E-state index in [0.29, 0.717) is 28.8 Å². The van der Waals surface area contributed by atoms with Crippen LogP contribution in [0.1, 0.15) is 11.3 Å². The molecule has 0 aliphatic heterocycles. The number of aromatic nitrogens is 1. The molecule has 0 fully saturated rings. The molecule has 0 amide bonds. The molecule has 2 rings (SSSR count). The van der Waals surface area contributed by atoms with Gasteiger partial charge < -0.3 is 14.6 Å². The van der Waals surface area contributed by atoms with Crippen LogP contribution in [0.4, 0.5) is 0 Å². The first-order chi connectivity index (χ1) is 9.22. The van der Waals surface area contributed by atoms with Crippen molar-refractivity contribution in [2.24, 2.45) is 0 Å². The lowest BCUT2D eigenvalue weighted by Crippen LogP contribution is -1.98. The zero-order valence-corrected chi connectivity index (χ0v) is 11.2. The largest absolute Gasteiger partial charge is 0.497 e. The van der Waals surface area contributed by atoms with Gasteiger partial charge in [-0.2, -0.15) is 0 Å². The number of hydrogen-bond acceptors (Lipinski definition) is 4. The summed E-state index contributed by atoms with van der Waals surface area (Å²) in [6.45, 7) is 0.271. The molecule has 0 saturated heterocycles. The van der Waals surface area contributed by atoms with E-state index in [1.165, 1.54) is 0 Å². The zero-order chi connectivity index (χ0) is 13.7. The standard InChI is InChI=1S/C14H14ClNO3/c1-18-12-4-2-10(14(15)6-12)9-19-13-5-3-11(8-17)16-7-13/h2-7,17H,8-9H2,1H3. The number of benzene rings is 1. The molecule has 19 heavy (non-hydrogen) atoms. The monoisotopic (exact) mass is 279 g/mol. The predicted octanol–water partition coefficient (Wildman–Crippen LogP) is 2.81.